The second-order valence-electron chi connectivity index (χ2n) is 10.3. The summed E-state index contributed by atoms with van der Waals surface area (Å²) < 4.78 is 12.7. The maximum absolute atomic E-state index is 12.8. The Morgan fingerprint density at radius 1 is 0.932 bits per heavy atom. The van der Waals surface area contributed by atoms with E-state index in [0.717, 1.165) is 60.1 Å². The lowest BCUT2D eigenvalue weighted by Gasteiger charge is -2.28. The van der Waals surface area contributed by atoms with Crippen LogP contribution < -0.4 is 20.3 Å². The van der Waals surface area contributed by atoms with Crippen LogP contribution in [0.3, 0.4) is 0 Å². The van der Waals surface area contributed by atoms with Crippen molar-refractivity contribution in [3.8, 4) is 33.8 Å². The van der Waals surface area contributed by atoms with Crippen LogP contribution in [0.25, 0.3) is 28.1 Å². The largest absolute Gasteiger partial charge is 0.495 e. The SMILES string of the molecule is COc1cc(-c2nn(-c3cccc(NC(=O)CCNc4ccc(N5CCOCC5)cc4)c3)cc2-c2ccncc2)ccc1Cl. The highest BCUT2D eigenvalue weighted by Gasteiger charge is 2.16. The van der Waals surface area contributed by atoms with Crippen LogP contribution in [0.15, 0.2) is 97.5 Å². The summed E-state index contributed by atoms with van der Waals surface area (Å²) >= 11 is 6.29. The maximum atomic E-state index is 12.8. The molecule has 224 valence electrons. The zero-order valence-corrected chi connectivity index (χ0v) is 25.1. The van der Waals surface area contributed by atoms with Crippen molar-refractivity contribution in [3.63, 3.8) is 0 Å². The van der Waals surface area contributed by atoms with Crippen LogP contribution in [0.1, 0.15) is 6.42 Å². The number of nitrogens with zero attached hydrogens (tertiary/aromatic N) is 4. The van der Waals surface area contributed by atoms with E-state index in [0.29, 0.717) is 29.4 Å². The fraction of sp³-hybridized carbons (Fsp3) is 0.206. The number of amides is 1. The second-order valence-corrected chi connectivity index (χ2v) is 10.7. The fourth-order valence-electron chi connectivity index (χ4n) is 5.15. The third kappa shape index (κ3) is 6.85. The molecule has 5 aromatic rings. The lowest BCUT2D eigenvalue weighted by Crippen LogP contribution is -2.36. The van der Waals surface area contributed by atoms with Crippen molar-refractivity contribution in [2.24, 2.45) is 0 Å². The van der Waals surface area contributed by atoms with E-state index in [9.17, 15) is 4.79 Å². The van der Waals surface area contributed by atoms with E-state index in [1.807, 2.05) is 71.5 Å². The molecule has 2 N–H and O–H groups in total. The number of hydrogen-bond acceptors (Lipinski definition) is 7. The van der Waals surface area contributed by atoms with Crippen molar-refractivity contribution in [2.45, 2.75) is 6.42 Å². The molecule has 0 aliphatic carbocycles. The summed E-state index contributed by atoms with van der Waals surface area (Å²) in [7, 11) is 1.59. The number of carbonyl (C=O) groups excluding carboxylic acids is 1. The monoisotopic (exact) mass is 608 g/mol. The Balaban J connectivity index is 1.13. The lowest BCUT2D eigenvalue weighted by molar-refractivity contribution is -0.115. The van der Waals surface area contributed by atoms with Gasteiger partial charge in [0.25, 0.3) is 0 Å². The molecule has 0 radical (unpaired) electrons. The first-order chi connectivity index (χ1) is 21.6. The van der Waals surface area contributed by atoms with Gasteiger partial charge in [0.15, 0.2) is 0 Å². The van der Waals surface area contributed by atoms with Gasteiger partial charge in [-0.1, -0.05) is 23.7 Å². The highest BCUT2D eigenvalue weighted by atomic mass is 35.5. The number of ether oxygens (including phenoxy) is 2. The first kappa shape index (κ1) is 29.2. The molecule has 0 saturated carbocycles. The number of nitrogens with one attached hydrogen (secondary N) is 2. The van der Waals surface area contributed by atoms with Gasteiger partial charge < -0.3 is 25.0 Å². The highest BCUT2D eigenvalue weighted by molar-refractivity contribution is 6.32. The van der Waals surface area contributed by atoms with Crippen LogP contribution in [0.4, 0.5) is 17.1 Å². The minimum atomic E-state index is -0.0773. The number of carbonyl (C=O) groups is 1. The predicted molar refractivity (Wildman–Crippen MR) is 175 cm³/mol. The first-order valence-corrected chi connectivity index (χ1v) is 14.9. The van der Waals surface area contributed by atoms with E-state index >= 15 is 0 Å². The summed E-state index contributed by atoms with van der Waals surface area (Å²) in [6, 6.07) is 25.4. The molecule has 3 aromatic carbocycles. The average Bonchev–Trinajstić information content (AvgIpc) is 3.52. The van der Waals surface area contributed by atoms with Crippen LogP contribution in [-0.2, 0) is 9.53 Å². The zero-order valence-electron chi connectivity index (χ0n) is 24.4. The quantitative estimate of drug-likeness (QED) is 0.186. The number of benzene rings is 3. The third-order valence-electron chi connectivity index (χ3n) is 7.45. The molecular weight excluding hydrogens is 576 g/mol. The average molecular weight is 609 g/mol. The van der Waals surface area contributed by atoms with Gasteiger partial charge in [0.1, 0.15) is 11.4 Å². The molecule has 3 heterocycles. The molecule has 0 bridgehead atoms. The second kappa shape index (κ2) is 13.6. The topological polar surface area (TPSA) is 93.5 Å². The summed E-state index contributed by atoms with van der Waals surface area (Å²) in [5.41, 5.74) is 7.20. The van der Waals surface area contributed by atoms with E-state index in [1.54, 1.807) is 25.6 Å². The smallest absolute Gasteiger partial charge is 0.226 e. The molecular formula is C34H33ClN6O3. The standard InChI is InChI=1S/C34H33ClN6O3/c1-43-32-21-25(5-10-31(32)35)34-30(24-11-14-36-15-12-24)23-41(39-34)29-4-2-3-27(22-29)38-33(42)13-16-37-26-6-8-28(9-7-26)40-17-19-44-20-18-40/h2-12,14-15,21-23,37H,13,16-20H2,1H3,(H,38,42). The first-order valence-electron chi connectivity index (χ1n) is 14.5. The lowest BCUT2D eigenvalue weighted by atomic mass is 10.0. The predicted octanol–water partition coefficient (Wildman–Crippen LogP) is 6.54. The maximum Gasteiger partial charge on any atom is 0.226 e. The molecule has 1 aliphatic rings. The molecule has 1 amide bonds. The number of hydrogen-bond donors (Lipinski definition) is 2. The number of anilines is 3. The van der Waals surface area contributed by atoms with Crippen LogP contribution in [0.5, 0.6) is 5.75 Å². The molecule has 1 saturated heterocycles. The van der Waals surface area contributed by atoms with Crippen molar-refractivity contribution in [2.75, 3.05) is 55.5 Å². The van der Waals surface area contributed by atoms with Crippen LogP contribution in [-0.4, -0.2) is 60.6 Å². The molecule has 0 spiro atoms. The Bertz CT molecular complexity index is 1720. The molecule has 0 unspecified atom stereocenters. The molecule has 9 nitrogen and oxygen atoms in total. The Labute approximate surface area is 261 Å². The van der Waals surface area contributed by atoms with E-state index in [2.05, 4.69) is 32.7 Å². The summed E-state index contributed by atoms with van der Waals surface area (Å²) in [4.78, 5) is 19.3. The number of halogens is 1. The summed E-state index contributed by atoms with van der Waals surface area (Å²) in [5, 5.41) is 11.8. The molecule has 1 aliphatic heterocycles. The van der Waals surface area contributed by atoms with Gasteiger partial charge in [0, 0.05) is 72.8 Å². The Morgan fingerprint density at radius 3 is 2.50 bits per heavy atom. The fourth-order valence-corrected chi connectivity index (χ4v) is 5.35. The van der Waals surface area contributed by atoms with Gasteiger partial charge in [-0.05, 0) is 72.3 Å². The number of aromatic nitrogens is 3. The van der Waals surface area contributed by atoms with E-state index in [-0.39, 0.29) is 5.91 Å². The normalized spacial score (nSPS) is 13.0. The Morgan fingerprint density at radius 2 is 1.73 bits per heavy atom. The van der Waals surface area contributed by atoms with Gasteiger partial charge in [-0.15, -0.1) is 0 Å². The number of rotatable bonds is 10. The van der Waals surface area contributed by atoms with Gasteiger partial charge >= 0.3 is 0 Å². The zero-order chi connectivity index (χ0) is 30.3. The van der Waals surface area contributed by atoms with E-state index in [4.69, 9.17) is 26.2 Å². The number of methoxy groups -OCH3 is 1. The number of morpholine rings is 1. The molecule has 44 heavy (non-hydrogen) atoms. The van der Waals surface area contributed by atoms with Crippen LogP contribution >= 0.6 is 11.6 Å². The van der Waals surface area contributed by atoms with Gasteiger partial charge in [-0.25, -0.2) is 4.68 Å². The minimum absolute atomic E-state index is 0.0773. The van der Waals surface area contributed by atoms with Crippen molar-refractivity contribution in [1.82, 2.24) is 14.8 Å². The molecule has 0 atom stereocenters. The van der Waals surface area contributed by atoms with Crippen LogP contribution in [0, 0.1) is 0 Å². The molecule has 2 aromatic heterocycles. The van der Waals surface area contributed by atoms with Crippen molar-refractivity contribution in [1.29, 1.82) is 0 Å². The Hall–Kier alpha value is -4.86. The molecule has 1 fully saturated rings. The van der Waals surface area contributed by atoms with Crippen LogP contribution in [0.2, 0.25) is 5.02 Å². The summed E-state index contributed by atoms with van der Waals surface area (Å²) in [5.74, 6) is 0.495. The molecule has 6 rings (SSSR count). The molecule has 10 heteroatoms. The third-order valence-corrected chi connectivity index (χ3v) is 7.76. The minimum Gasteiger partial charge on any atom is -0.495 e. The summed E-state index contributed by atoms with van der Waals surface area (Å²) in [6.45, 7) is 3.84. The van der Waals surface area contributed by atoms with Gasteiger partial charge in [-0.2, -0.15) is 5.10 Å². The van der Waals surface area contributed by atoms with Gasteiger partial charge in [0.05, 0.1) is 31.0 Å². The van der Waals surface area contributed by atoms with Gasteiger partial charge in [-0.3, -0.25) is 9.78 Å². The highest BCUT2D eigenvalue weighted by Crippen LogP contribution is 2.36. The van der Waals surface area contributed by atoms with E-state index in [1.165, 1.54) is 5.69 Å². The Kier molecular flexibility index (Phi) is 9.05. The van der Waals surface area contributed by atoms with Gasteiger partial charge in [0.2, 0.25) is 5.91 Å². The van der Waals surface area contributed by atoms with Crippen molar-refractivity contribution < 1.29 is 14.3 Å². The van der Waals surface area contributed by atoms with E-state index < -0.39 is 0 Å². The summed E-state index contributed by atoms with van der Waals surface area (Å²) in [6.07, 6.45) is 5.81. The van der Waals surface area contributed by atoms with Crippen molar-refractivity contribution in [3.05, 3.63) is 102 Å². The van der Waals surface area contributed by atoms with Crippen molar-refractivity contribution >= 4 is 34.6 Å². The number of pyridine rings is 1.